The molecular formula is C20H20N2O4. The fourth-order valence-corrected chi connectivity index (χ4v) is 3.06. The Bertz CT molecular complexity index is 833. The molecule has 134 valence electrons. The number of amides is 1. The lowest BCUT2D eigenvalue weighted by Crippen LogP contribution is -2.27. The van der Waals surface area contributed by atoms with Gasteiger partial charge in [-0.15, -0.1) is 0 Å². The van der Waals surface area contributed by atoms with Crippen molar-refractivity contribution in [3.05, 3.63) is 65.7 Å². The molecule has 2 aromatic rings. The van der Waals surface area contributed by atoms with Gasteiger partial charge in [-0.25, -0.2) is 5.01 Å². The average molecular weight is 352 g/mol. The van der Waals surface area contributed by atoms with E-state index in [4.69, 9.17) is 5.11 Å². The number of carbonyl (C=O) groups is 2. The van der Waals surface area contributed by atoms with Crippen LogP contribution in [0.1, 0.15) is 42.9 Å². The summed E-state index contributed by atoms with van der Waals surface area (Å²) in [4.78, 5) is 23.3. The van der Waals surface area contributed by atoms with Crippen molar-refractivity contribution in [2.45, 2.75) is 31.7 Å². The van der Waals surface area contributed by atoms with E-state index in [1.807, 2.05) is 36.4 Å². The van der Waals surface area contributed by atoms with E-state index < -0.39 is 12.0 Å². The smallest absolute Gasteiger partial charge is 0.303 e. The molecule has 0 spiro atoms. The second-order valence-electron chi connectivity index (χ2n) is 6.18. The Balaban J connectivity index is 1.87. The van der Waals surface area contributed by atoms with E-state index in [0.29, 0.717) is 12.0 Å². The Hall–Kier alpha value is -3.15. The molecule has 0 saturated heterocycles. The maximum atomic E-state index is 12.6. The summed E-state index contributed by atoms with van der Waals surface area (Å²) in [6.45, 7) is 0. The molecule has 2 N–H and O–H groups in total. The first kappa shape index (κ1) is 17.7. The normalized spacial score (nSPS) is 16.4. The van der Waals surface area contributed by atoms with Crippen LogP contribution in [0.25, 0.3) is 0 Å². The van der Waals surface area contributed by atoms with Gasteiger partial charge in [0.05, 0.1) is 11.8 Å². The van der Waals surface area contributed by atoms with Crippen LogP contribution in [0.4, 0.5) is 0 Å². The predicted octanol–water partition coefficient (Wildman–Crippen LogP) is 3.32. The molecule has 6 nitrogen and oxygen atoms in total. The Labute approximate surface area is 151 Å². The van der Waals surface area contributed by atoms with Gasteiger partial charge in [-0.2, -0.15) is 5.10 Å². The van der Waals surface area contributed by atoms with Crippen LogP contribution in [-0.4, -0.2) is 32.8 Å². The molecule has 2 aromatic carbocycles. The molecule has 0 unspecified atom stereocenters. The summed E-state index contributed by atoms with van der Waals surface area (Å²) in [6.07, 6.45) is 0.790. The number of carboxylic acids is 1. The third-order valence-corrected chi connectivity index (χ3v) is 4.35. The van der Waals surface area contributed by atoms with Crippen LogP contribution in [0, 0.1) is 0 Å². The lowest BCUT2D eigenvalue weighted by molar-refractivity contribution is -0.137. The zero-order valence-electron chi connectivity index (χ0n) is 14.2. The molecule has 1 aliphatic heterocycles. The van der Waals surface area contributed by atoms with Gasteiger partial charge in [0.15, 0.2) is 0 Å². The lowest BCUT2D eigenvalue weighted by Gasteiger charge is -2.22. The maximum Gasteiger partial charge on any atom is 0.303 e. The molecule has 0 bridgehead atoms. The first-order valence-electron chi connectivity index (χ1n) is 8.51. The van der Waals surface area contributed by atoms with E-state index in [9.17, 15) is 14.7 Å². The predicted molar refractivity (Wildman–Crippen MR) is 96.8 cm³/mol. The van der Waals surface area contributed by atoms with E-state index in [2.05, 4.69) is 5.10 Å². The Morgan fingerprint density at radius 2 is 1.73 bits per heavy atom. The largest absolute Gasteiger partial charge is 0.508 e. The van der Waals surface area contributed by atoms with E-state index >= 15 is 0 Å². The van der Waals surface area contributed by atoms with E-state index in [-0.39, 0.29) is 30.9 Å². The number of phenols is 1. The fraction of sp³-hybridized carbons (Fsp3) is 0.250. The molecule has 3 rings (SSSR count). The van der Waals surface area contributed by atoms with E-state index in [1.165, 1.54) is 5.01 Å². The van der Waals surface area contributed by atoms with Gasteiger partial charge in [0, 0.05) is 24.8 Å². The molecule has 0 aliphatic carbocycles. The van der Waals surface area contributed by atoms with Crippen molar-refractivity contribution in [1.82, 2.24) is 5.01 Å². The summed E-state index contributed by atoms with van der Waals surface area (Å²) >= 11 is 0. The first-order valence-corrected chi connectivity index (χ1v) is 8.51. The maximum absolute atomic E-state index is 12.6. The standard InChI is InChI=1S/C20H20N2O4/c23-18-10-5-4-9-15(18)17-13-16(14-7-2-1-3-8-14)21-22(17)19(24)11-6-12-20(25)26/h1-5,7-10,17,23H,6,11-13H2,(H,25,26)/t17-/m0/s1. The number of carboxylic acid groups (broad SMARTS) is 1. The Kier molecular flexibility index (Phi) is 5.31. The third-order valence-electron chi connectivity index (χ3n) is 4.35. The van der Waals surface area contributed by atoms with Crippen LogP contribution in [-0.2, 0) is 9.59 Å². The second-order valence-corrected chi connectivity index (χ2v) is 6.18. The van der Waals surface area contributed by atoms with Gasteiger partial charge in [-0.1, -0.05) is 48.5 Å². The second kappa shape index (κ2) is 7.82. The highest BCUT2D eigenvalue weighted by Gasteiger charge is 2.34. The van der Waals surface area contributed by atoms with Crippen molar-refractivity contribution in [2.24, 2.45) is 5.10 Å². The van der Waals surface area contributed by atoms with Crippen molar-refractivity contribution in [2.75, 3.05) is 0 Å². The molecule has 6 heteroatoms. The summed E-state index contributed by atoms with van der Waals surface area (Å²) in [7, 11) is 0. The monoisotopic (exact) mass is 352 g/mol. The van der Waals surface area contributed by atoms with Crippen molar-refractivity contribution >= 4 is 17.6 Å². The highest BCUT2D eigenvalue weighted by Crippen LogP contribution is 2.37. The number of hydrogen-bond donors (Lipinski definition) is 2. The SMILES string of the molecule is O=C(O)CCCC(=O)N1N=C(c2ccccc2)C[C@H]1c1ccccc1O. The van der Waals surface area contributed by atoms with Crippen molar-refractivity contribution < 1.29 is 19.8 Å². The first-order chi connectivity index (χ1) is 12.6. The number of rotatable bonds is 6. The molecule has 0 fully saturated rings. The highest BCUT2D eigenvalue weighted by atomic mass is 16.4. The Morgan fingerprint density at radius 1 is 1.04 bits per heavy atom. The van der Waals surface area contributed by atoms with Gasteiger partial charge in [0.25, 0.3) is 0 Å². The van der Waals surface area contributed by atoms with Crippen molar-refractivity contribution in [1.29, 1.82) is 0 Å². The van der Waals surface area contributed by atoms with Gasteiger partial charge in [0.2, 0.25) is 5.91 Å². The van der Waals surface area contributed by atoms with Gasteiger partial charge in [-0.3, -0.25) is 9.59 Å². The summed E-state index contributed by atoms with van der Waals surface area (Å²) in [5.41, 5.74) is 2.33. The zero-order valence-corrected chi connectivity index (χ0v) is 14.2. The number of benzene rings is 2. The third kappa shape index (κ3) is 3.91. The zero-order chi connectivity index (χ0) is 18.5. The summed E-state index contributed by atoms with van der Waals surface area (Å²) in [5.74, 6) is -1.05. The van der Waals surface area contributed by atoms with E-state index in [1.54, 1.807) is 18.2 Å². The molecule has 1 aliphatic rings. The summed E-state index contributed by atoms with van der Waals surface area (Å²) < 4.78 is 0. The molecule has 0 radical (unpaired) electrons. The molecule has 26 heavy (non-hydrogen) atoms. The van der Waals surface area contributed by atoms with Gasteiger partial charge < -0.3 is 10.2 Å². The van der Waals surface area contributed by atoms with Crippen molar-refractivity contribution in [3.63, 3.8) is 0 Å². The quantitative estimate of drug-likeness (QED) is 0.834. The van der Waals surface area contributed by atoms with Crippen LogP contribution < -0.4 is 0 Å². The number of nitrogens with zero attached hydrogens (tertiary/aromatic N) is 2. The number of aromatic hydroxyl groups is 1. The number of hydrazone groups is 1. The molecular weight excluding hydrogens is 332 g/mol. The minimum absolute atomic E-state index is 0.0594. The van der Waals surface area contributed by atoms with Crippen LogP contribution in [0.5, 0.6) is 5.75 Å². The molecule has 0 saturated carbocycles. The highest BCUT2D eigenvalue weighted by molar-refractivity contribution is 6.03. The van der Waals surface area contributed by atoms with Crippen LogP contribution in [0.3, 0.4) is 0 Å². The molecule has 1 atom stereocenters. The van der Waals surface area contributed by atoms with Crippen LogP contribution in [0.15, 0.2) is 59.7 Å². The van der Waals surface area contributed by atoms with Crippen LogP contribution in [0.2, 0.25) is 0 Å². The minimum Gasteiger partial charge on any atom is -0.508 e. The number of phenolic OH excluding ortho intramolecular Hbond substituents is 1. The minimum atomic E-state index is -0.926. The number of para-hydroxylation sites is 1. The number of carbonyl (C=O) groups excluding carboxylic acids is 1. The van der Waals surface area contributed by atoms with E-state index in [0.717, 1.165) is 11.3 Å². The average Bonchev–Trinajstić information content (AvgIpc) is 3.08. The molecule has 1 amide bonds. The molecule has 1 heterocycles. The van der Waals surface area contributed by atoms with Gasteiger partial charge in [-0.05, 0) is 18.1 Å². The van der Waals surface area contributed by atoms with Gasteiger partial charge in [0.1, 0.15) is 5.75 Å². The summed E-state index contributed by atoms with van der Waals surface area (Å²) in [5, 5.41) is 24.9. The van der Waals surface area contributed by atoms with Crippen LogP contribution >= 0.6 is 0 Å². The lowest BCUT2D eigenvalue weighted by atomic mass is 9.97. The topological polar surface area (TPSA) is 90.2 Å². The van der Waals surface area contributed by atoms with Gasteiger partial charge >= 0.3 is 5.97 Å². The summed E-state index contributed by atoms with van der Waals surface area (Å²) in [6, 6.07) is 16.1. The number of aliphatic carboxylic acids is 1. The van der Waals surface area contributed by atoms with Crippen molar-refractivity contribution in [3.8, 4) is 5.75 Å². The fourth-order valence-electron chi connectivity index (χ4n) is 3.06. The molecule has 0 aromatic heterocycles. The Morgan fingerprint density at radius 3 is 2.42 bits per heavy atom. The number of hydrogen-bond acceptors (Lipinski definition) is 4.